The summed E-state index contributed by atoms with van der Waals surface area (Å²) >= 11 is 0. The van der Waals surface area contributed by atoms with E-state index in [1.54, 1.807) is 0 Å². The van der Waals surface area contributed by atoms with Crippen molar-refractivity contribution < 1.29 is 0 Å². The first-order chi connectivity index (χ1) is 6.41. The van der Waals surface area contributed by atoms with E-state index in [2.05, 4.69) is 38.7 Å². The van der Waals surface area contributed by atoms with Gasteiger partial charge in [-0.1, -0.05) is 0 Å². The summed E-state index contributed by atoms with van der Waals surface area (Å²) in [6.45, 7) is 9.15. The predicted octanol–water partition coefficient (Wildman–Crippen LogP) is 2.55. The molecule has 78 valence electrons. The second-order valence-electron chi connectivity index (χ2n) is 6.05. The van der Waals surface area contributed by atoms with E-state index < -0.39 is 0 Å². The summed E-state index contributed by atoms with van der Waals surface area (Å²) in [6.07, 6.45) is 3.24. The van der Waals surface area contributed by atoms with Crippen LogP contribution < -0.4 is 0 Å². The number of nitriles is 1. The molecule has 1 saturated carbocycles. The minimum absolute atomic E-state index is 0.262. The molecular weight excluding hydrogens is 172 g/mol. The minimum atomic E-state index is 0.262. The Bertz CT molecular complexity index is 284. The Morgan fingerprint density at radius 3 is 2.50 bits per heavy atom. The van der Waals surface area contributed by atoms with Gasteiger partial charge in [0.2, 0.25) is 0 Å². The van der Waals surface area contributed by atoms with Crippen LogP contribution in [0.4, 0.5) is 0 Å². The first kappa shape index (κ1) is 9.98. The highest BCUT2D eigenvalue weighted by Gasteiger charge is 2.64. The predicted molar refractivity (Wildman–Crippen MR) is 56.7 cm³/mol. The van der Waals surface area contributed by atoms with Crippen LogP contribution in [0.15, 0.2) is 0 Å². The van der Waals surface area contributed by atoms with Crippen LogP contribution in [0.2, 0.25) is 0 Å². The number of piperidine rings is 1. The first-order valence-corrected chi connectivity index (χ1v) is 5.56. The van der Waals surface area contributed by atoms with Crippen molar-refractivity contribution in [1.82, 2.24) is 4.90 Å². The lowest BCUT2D eigenvalue weighted by molar-refractivity contribution is 0.104. The molecule has 0 radical (unpaired) electrons. The summed E-state index contributed by atoms with van der Waals surface area (Å²) < 4.78 is 0. The fourth-order valence-corrected chi connectivity index (χ4v) is 3.48. The summed E-state index contributed by atoms with van der Waals surface area (Å²) in [5.41, 5.74) is 0.638. The Labute approximate surface area is 86.9 Å². The maximum Gasteiger partial charge on any atom is 0.0628 e. The Morgan fingerprint density at radius 1 is 1.43 bits per heavy atom. The molecule has 1 aliphatic heterocycles. The molecule has 0 aromatic heterocycles. The molecule has 2 heteroatoms. The van der Waals surface area contributed by atoms with E-state index in [-0.39, 0.29) is 5.54 Å². The number of likely N-dealkylation sites (tertiary alicyclic amines) is 1. The van der Waals surface area contributed by atoms with Crippen LogP contribution in [0.3, 0.4) is 0 Å². The summed E-state index contributed by atoms with van der Waals surface area (Å²) in [5, 5.41) is 8.83. The molecule has 2 rings (SSSR count). The zero-order chi connectivity index (χ0) is 10.6. The maximum atomic E-state index is 8.83. The average Bonchev–Trinajstić information content (AvgIpc) is 2.53. The van der Waals surface area contributed by atoms with Crippen LogP contribution in [0.1, 0.15) is 47.0 Å². The van der Waals surface area contributed by atoms with Gasteiger partial charge in [-0.25, -0.2) is 0 Å². The molecule has 0 aromatic carbocycles. The minimum Gasteiger partial charge on any atom is -0.292 e. The lowest BCUT2D eigenvalue weighted by Gasteiger charge is -2.37. The summed E-state index contributed by atoms with van der Waals surface area (Å²) in [7, 11) is 0. The van der Waals surface area contributed by atoms with E-state index >= 15 is 0 Å². The molecule has 1 saturated heterocycles. The van der Waals surface area contributed by atoms with E-state index in [1.807, 2.05) is 0 Å². The quantitative estimate of drug-likeness (QED) is 0.638. The molecule has 0 amide bonds. The van der Waals surface area contributed by atoms with Gasteiger partial charge in [-0.2, -0.15) is 5.26 Å². The third-order valence-corrected chi connectivity index (χ3v) is 3.86. The maximum absolute atomic E-state index is 8.83. The van der Waals surface area contributed by atoms with Gasteiger partial charge < -0.3 is 0 Å². The molecule has 0 unspecified atom stereocenters. The van der Waals surface area contributed by atoms with Crippen LogP contribution in [0.5, 0.6) is 0 Å². The topological polar surface area (TPSA) is 27.0 Å². The van der Waals surface area contributed by atoms with Crippen molar-refractivity contribution >= 4 is 0 Å². The van der Waals surface area contributed by atoms with Crippen molar-refractivity contribution in [2.24, 2.45) is 5.41 Å². The lowest BCUT2D eigenvalue weighted by Crippen LogP contribution is -2.45. The van der Waals surface area contributed by atoms with Crippen molar-refractivity contribution in [2.75, 3.05) is 0 Å². The second kappa shape index (κ2) is 2.73. The summed E-state index contributed by atoms with van der Waals surface area (Å²) in [4.78, 5) is 2.62. The first-order valence-electron chi connectivity index (χ1n) is 5.56. The molecule has 0 N–H and O–H groups in total. The molecule has 1 heterocycles. The largest absolute Gasteiger partial charge is 0.292 e. The van der Waals surface area contributed by atoms with E-state index in [0.717, 1.165) is 6.42 Å². The van der Waals surface area contributed by atoms with Gasteiger partial charge in [-0.3, -0.25) is 4.90 Å². The van der Waals surface area contributed by atoms with Crippen LogP contribution in [0.25, 0.3) is 0 Å². The Hall–Kier alpha value is -0.550. The number of hydrogen-bond donors (Lipinski definition) is 0. The van der Waals surface area contributed by atoms with E-state index in [1.165, 1.54) is 12.8 Å². The molecule has 14 heavy (non-hydrogen) atoms. The van der Waals surface area contributed by atoms with Gasteiger partial charge in [0.05, 0.1) is 6.07 Å². The third kappa shape index (κ3) is 1.26. The van der Waals surface area contributed by atoms with Crippen LogP contribution >= 0.6 is 0 Å². The fraction of sp³-hybridized carbons (Fsp3) is 0.917. The fourth-order valence-electron chi connectivity index (χ4n) is 3.48. The molecule has 0 aromatic rings. The van der Waals surface area contributed by atoms with Gasteiger partial charge in [-0.15, -0.1) is 0 Å². The van der Waals surface area contributed by atoms with Crippen molar-refractivity contribution in [1.29, 1.82) is 5.26 Å². The SMILES string of the molecule is C[C@@H]1C[C@]2(CC#N)C[C@@H]2N1C(C)(C)C. The van der Waals surface area contributed by atoms with Crippen molar-refractivity contribution in [3.05, 3.63) is 0 Å². The number of rotatable bonds is 1. The van der Waals surface area contributed by atoms with E-state index in [4.69, 9.17) is 5.26 Å². The smallest absolute Gasteiger partial charge is 0.0628 e. The number of hydrogen-bond acceptors (Lipinski definition) is 2. The molecule has 2 fully saturated rings. The highest BCUT2D eigenvalue weighted by molar-refractivity contribution is 5.20. The van der Waals surface area contributed by atoms with E-state index in [0.29, 0.717) is 17.5 Å². The summed E-state index contributed by atoms with van der Waals surface area (Å²) in [5.74, 6) is 0. The van der Waals surface area contributed by atoms with Gasteiger partial charge in [0.1, 0.15) is 0 Å². The highest BCUT2D eigenvalue weighted by Crippen LogP contribution is 2.62. The molecular formula is C12H20N2. The van der Waals surface area contributed by atoms with Gasteiger partial charge >= 0.3 is 0 Å². The zero-order valence-corrected chi connectivity index (χ0v) is 9.67. The highest BCUT2D eigenvalue weighted by atomic mass is 15.3. The van der Waals surface area contributed by atoms with Crippen LogP contribution in [-0.4, -0.2) is 22.5 Å². The zero-order valence-electron chi connectivity index (χ0n) is 9.67. The number of nitrogens with zero attached hydrogens (tertiary/aromatic N) is 2. The molecule has 2 aliphatic rings. The van der Waals surface area contributed by atoms with Crippen LogP contribution in [-0.2, 0) is 0 Å². The second-order valence-corrected chi connectivity index (χ2v) is 6.05. The molecule has 3 atom stereocenters. The van der Waals surface area contributed by atoms with Gasteiger partial charge in [0.15, 0.2) is 0 Å². The lowest BCUT2D eigenvalue weighted by atomic mass is 9.97. The van der Waals surface area contributed by atoms with Gasteiger partial charge in [-0.05, 0) is 40.5 Å². The Balaban J connectivity index is 2.15. The number of fused-ring (bicyclic) bond motifs is 1. The molecule has 2 nitrogen and oxygen atoms in total. The third-order valence-electron chi connectivity index (χ3n) is 3.86. The van der Waals surface area contributed by atoms with Crippen molar-refractivity contribution in [3.63, 3.8) is 0 Å². The molecule has 0 bridgehead atoms. The van der Waals surface area contributed by atoms with E-state index in [9.17, 15) is 0 Å². The molecule has 1 aliphatic carbocycles. The average molecular weight is 192 g/mol. The molecule has 0 spiro atoms. The van der Waals surface area contributed by atoms with Crippen molar-refractivity contribution in [2.45, 2.75) is 64.6 Å². The van der Waals surface area contributed by atoms with Gasteiger partial charge in [0.25, 0.3) is 0 Å². The summed E-state index contributed by atoms with van der Waals surface area (Å²) in [6, 6.07) is 3.70. The van der Waals surface area contributed by atoms with Crippen molar-refractivity contribution in [3.8, 4) is 6.07 Å². The Kier molecular flexibility index (Phi) is 1.95. The Morgan fingerprint density at radius 2 is 2.07 bits per heavy atom. The normalized spacial score (nSPS) is 41.9. The van der Waals surface area contributed by atoms with Gasteiger partial charge in [0, 0.05) is 29.5 Å². The monoisotopic (exact) mass is 192 g/mol. The van der Waals surface area contributed by atoms with Crippen LogP contribution in [0, 0.1) is 16.7 Å². The standard InChI is InChI=1S/C12H20N2/c1-9-7-12(5-6-13)8-10(12)14(9)11(2,3)4/h9-10H,5,7-8H2,1-4H3/t9-,10+,12-/m1/s1.